The van der Waals surface area contributed by atoms with E-state index in [1.807, 2.05) is 37.4 Å². The van der Waals surface area contributed by atoms with Gasteiger partial charge in [0.2, 0.25) is 5.88 Å². The number of hydrogen-bond acceptors (Lipinski definition) is 5. The Kier molecular flexibility index (Phi) is 9.42. The Hall–Kier alpha value is -2.74. The van der Waals surface area contributed by atoms with Crippen molar-refractivity contribution in [1.82, 2.24) is 14.7 Å². The zero-order valence-corrected chi connectivity index (χ0v) is 19.7. The zero-order chi connectivity index (χ0) is 23.6. The van der Waals surface area contributed by atoms with Gasteiger partial charge in [0.25, 0.3) is 0 Å². The first-order valence-electron chi connectivity index (χ1n) is 11.5. The molecule has 3 aromatic rings. The number of aryl methyl sites for hydroxylation is 1. The van der Waals surface area contributed by atoms with E-state index in [1.165, 1.54) is 12.1 Å². The van der Waals surface area contributed by atoms with Gasteiger partial charge in [-0.05, 0) is 30.7 Å². The summed E-state index contributed by atoms with van der Waals surface area (Å²) < 4.78 is 26.6. The normalized spacial score (nSPS) is 12.3. The number of aliphatic hydroxyl groups is 1. The molecule has 178 valence electrons. The number of methoxy groups -OCH3 is 1. The summed E-state index contributed by atoms with van der Waals surface area (Å²) in [4.78, 5) is 2.17. The number of rotatable bonds is 13. The van der Waals surface area contributed by atoms with Crippen LogP contribution in [0.5, 0.6) is 11.6 Å². The fraction of sp³-hybridized carbons (Fsp3) is 0.423. The molecule has 0 radical (unpaired) electrons. The highest BCUT2D eigenvalue weighted by Gasteiger charge is 2.23. The van der Waals surface area contributed by atoms with Crippen molar-refractivity contribution in [2.75, 3.05) is 26.8 Å². The summed E-state index contributed by atoms with van der Waals surface area (Å²) in [6, 6.07) is 15.9. The van der Waals surface area contributed by atoms with E-state index in [9.17, 15) is 9.50 Å². The average molecular weight is 456 g/mol. The van der Waals surface area contributed by atoms with Gasteiger partial charge in [-0.2, -0.15) is 5.10 Å². The molecule has 0 amide bonds. The van der Waals surface area contributed by atoms with Gasteiger partial charge in [0, 0.05) is 39.4 Å². The Labute approximate surface area is 195 Å². The molecule has 1 N–H and O–H groups in total. The molecule has 33 heavy (non-hydrogen) atoms. The first-order chi connectivity index (χ1) is 16.0. The summed E-state index contributed by atoms with van der Waals surface area (Å²) in [5.41, 5.74) is 2.71. The minimum Gasteiger partial charge on any atom is -0.439 e. The molecular weight excluding hydrogens is 421 g/mol. The van der Waals surface area contributed by atoms with Gasteiger partial charge in [0.05, 0.1) is 18.3 Å². The van der Waals surface area contributed by atoms with Crippen LogP contribution in [0.15, 0.2) is 54.6 Å². The van der Waals surface area contributed by atoms with Crippen LogP contribution in [0.3, 0.4) is 0 Å². The van der Waals surface area contributed by atoms with Crippen LogP contribution in [-0.4, -0.2) is 52.7 Å². The summed E-state index contributed by atoms with van der Waals surface area (Å²) in [7, 11) is 3.51. The third kappa shape index (κ3) is 7.12. The van der Waals surface area contributed by atoms with E-state index in [0.29, 0.717) is 37.9 Å². The predicted octanol–water partition coefficient (Wildman–Crippen LogP) is 5.02. The number of nitrogens with zero attached hydrogens (tertiary/aromatic N) is 3. The quantitative estimate of drug-likeness (QED) is 0.392. The fourth-order valence-electron chi connectivity index (χ4n) is 3.77. The molecule has 0 saturated carbocycles. The summed E-state index contributed by atoms with van der Waals surface area (Å²) in [5.74, 6) is 0.807. The molecule has 0 aliphatic rings. The lowest BCUT2D eigenvalue weighted by molar-refractivity contribution is 0.0788. The molecule has 7 heteroatoms. The van der Waals surface area contributed by atoms with Gasteiger partial charge in [0.1, 0.15) is 17.3 Å². The molecular formula is C26H34FN3O3. The highest BCUT2D eigenvalue weighted by atomic mass is 19.1. The van der Waals surface area contributed by atoms with Crippen molar-refractivity contribution in [3.8, 4) is 22.9 Å². The second-order valence-electron chi connectivity index (χ2n) is 8.20. The molecule has 3 rings (SSSR count). The number of hydrogen-bond donors (Lipinski definition) is 1. The van der Waals surface area contributed by atoms with Crippen molar-refractivity contribution in [2.24, 2.45) is 7.05 Å². The molecule has 1 atom stereocenters. The van der Waals surface area contributed by atoms with Crippen molar-refractivity contribution in [1.29, 1.82) is 0 Å². The number of halogens is 1. The van der Waals surface area contributed by atoms with Gasteiger partial charge in [-0.15, -0.1) is 0 Å². The van der Waals surface area contributed by atoms with Gasteiger partial charge in [-0.25, -0.2) is 9.07 Å². The molecule has 2 aromatic carbocycles. The summed E-state index contributed by atoms with van der Waals surface area (Å²) in [6.45, 7) is 4.40. The Bertz CT molecular complexity index is 976. The Morgan fingerprint density at radius 3 is 2.52 bits per heavy atom. The molecule has 0 spiro atoms. The van der Waals surface area contributed by atoms with Crippen molar-refractivity contribution < 1.29 is 19.0 Å². The van der Waals surface area contributed by atoms with Gasteiger partial charge in [-0.1, -0.05) is 50.1 Å². The van der Waals surface area contributed by atoms with E-state index in [-0.39, 0.29) is 5.82 Å². The fourth-order valence-corrected chi connectivity index (χ4v) is 3.77. The number of ether oxygens (including phenoxy) is 2. The van der Waals surface area contributed by atoms with Crippen LogP contribution in [0.1, 0.15) is 31.7 Å². The van der Waals surface area contributed by atoms with Crippen LogP contribution < -0.4 is 4.74 Å². The number of aliphatic hydroxyl groups excluding tert-OH is 1. The lowest BCUT2D eigenvalue weighted by atomic mass is 10.1. The largest absolute Gasteiger partial charge is 0.439 e. The van der Waals surface area contributed by atoms with Gasteiger partial charge in [0.15, 0.2) is 0 Å². The SMILES string of the molecule is CCCC[C@H](O)CN(CCOC)Cc1c(-c2ccccc2)nn(C)c1Oc1ccc(F)cc1. The lowest BCUT2D eigenvalue weighted by Crippen LogP contribution is -2.34. The molecule has 6 nitrogen and oxygen atoms in total. The van der Waals surface area contributed by atoms with Crippen molar-refractivity contribution in [2.45, 2.75) is 38.8 Å². The highest BCUT2D eigenvalue weighted by molar-refractivity contribution is 5.65. The van der Waals surface area contributed by atoms with Crippen molar-refractivity contribution in [3.63, 3.8) is 0 Å². The van der Waals surface area contributed by atoms with Crippen LogP contribution >= 0.6 is 0 Å². The van der Waals surface area contributed by atoms with Crippen LogP contribution in [-0.2, 0) is 18.3 Å². The zero-order valence-electron chi connectivity index (χ0n) is 19.7. The third-order valence-corrected chi connectivity index (χ3v) is 5.52. The number of benzene rings is 2. The van der Waals surface area contributed by atoms with Crippen molar-refractivity contribution >= 4 is 0 Å². The predicted molar refractivity (Wildman–Crippen MR) is 128 cm³/mol. The molecule has 0 aliphatic carbocycles. The Morgan fingerprint density at radius 1 is 1.12 bits per heavy atom. The van der Waals surface area contributed by atoms with E-state index >= 15 is 0 Å². The molecule has 0 aliphatic heterocycles. The van der Waals surface area contributed by atoms with E-state index < -0.39 is 6.10 Å². The molecule has 0 unspecified atom stereocenters. The van der Waals surface area contributed by atoms with Crippen LogP contribution in [0.2, 0.25) is 0 Å². The topological polar surface area (TPSA) is 59.8 Å². The summed E-state index contributed by atoms with van der Waals surface area (Å²) in [6.07, 6.45) is 2.38. The average Bonchev–Trinajstić information content (AvgIpc) is 3.13. The van der Waals surface area contributed by atoms with Gasteiger partial charge >= 0.3 is 0 Å². The van der Waals surface area contributed by atoms with E-state index in [4.69, 9.17) is 14.6 Å². The van der Waals surface area contributed by atoms with E-state index in [0.717, 1.165) is 36.1 Å². The maximum absolute atomic E-state index is 13.4. The first-order valence-corrected chi connectivity index (χ1v) is 11.5. The second-order valence-corrected chi connectivity index (χ2v) is 8.20. The van der Waals surface area contributed by atoms with Gasteiger partial charge in [-0.3, -0.25) is 4.90 Å². The lowest BCUT2D eigenvalue weighted by Gasteiger charge is -2.25. The summed E-state index contributed by atoms with van der Waals surface area (Å²) >= 11 is 0. The van der Waals surface area contributed by atoms with Crippen LogP contribution in [0.4, 0.5) is 4.39 Å². The first kappa shape index (κ1) is 24.9. The van der Waals surface area contributed by atoms with E-state index in [2.05, 4.69) is 11.8 Å². The van der Waals surface area contributed by atoms with E-state index in [1.54, 1.807) is 23.9 Å². The van der Waals surface area contributed by atoms with Gasteiger partial charge < -0.3 is 14.6 Å². The standard InChI is InChI=1S/C26H34FN3O3/c1-4-5-11-22(31)18-30(16-17-32-3)19-24-25(20-9-7-6-8-10-20)28-29(2)26(24)33-23-14-12-21(27)13-15-23/h6-10,12-15,22,31H,4-5,11,16-19H2,1-3H3/t22-/m0/s1. The number of aromatic nitrogens is 2. The summed E-state index contributed by atoms with van der Waals surface area (Å²) in [5, 5.41) is 15.3. The minimum absolute atomic E-state index is 0.315. The van der Waals surface area contributed by atoms with Crippen molar-refractivity contribution in [3.05, 3.63) is 66.0 Å². The molecule has 0 fully saturated rings. The number of unbranched alkanes of at least 4 members (excludes halogenated alkanes) is 1. The maximum Gasteiger partial charge on any atom is 0.222 e. The smallest absolute Gasteiger partial charge is 0.222 e. The van der Waals surface area contributed by atoms with Crippen LogP contribution in [0, 0.1) is 5.82 Å². The maximum atomic E-state index is 13.4. The monoisotopic (exact) mass is 455 g/mol. The molecule has 1 heterocycles. The van der Waals surface area contributed by atoms with Crippen LogP contribution in [0.25, 0.3) is 11.3 Å². The molecule has 0 bridgehead atoms. The third-order valence-electron chi connectivity index (χ3n) is 5.52. The second kappa shape index (κ2) is 12.5. The molecule has 1 aromatic heterocycles. The Morgan fingerprint density at radius 2 is 1.85 bits per heavy atom. The highest BCUT2D eigenvalue weighted by Crippen LogP contribution is 2.34. The Balaban J connectivity index is 1.95. The minimum atomic E-state index is -0.417. The molecule has 0 saturated heterocycles.